The number of hydrogen-bond donors (Lipinski definition) is 2. The third-order valence-corrected chi connectivity index (χ3v) is 1.55. The molecule has 0 aromatic rings. The van der Waals surface area contributed by atoms with Crippen LogP contribution in [0.2, 0.25) is 0 Å². The molecular formula is C7H16O2. The molecule has 0 saturated carbocycles. The van der Waals surface area contributed by atoms with Crippen LogP contribution in [-0.4, -0.2) is 22.9 Å². The van der Waals surface area contributed by atoms with Crippen molar-refractivity contribution in [1.82, 2.24) is 0 Å². The molecule has 0 aliphatic carbocycles. The normalized spacial score (nSPS) is 18.0. The summed E-state index contributed by atoms with van der Waals surface area (Å²) in [6.07, 6.45) is -0.366. The van der Waals surface area contributed by atoms with Gasteiger partial charge in [0.25, 0.3) is 0 Å². The number of aliphatic hydroxyl groups is 2. The summed E-state index contributed by atoms with van der Waals surface area (Å²) < 4.78 is 0. The average Bonchev–Trinajstić information content (AvgIpc) is 1.84. The quantitative estimate of drug-likeness (QED) is 0.591. The second-order valence-electron chi connectivity index (χ2n) is 2.89. The standard InChI is InChI=1S/C7H16O2/c1-5(2)7(9)6(3)4-8/h5-9H,4H2,1-3H3. The Balaban J connectivity index is 3.58. The Morgan fingerprint density at radius 1 is 1.22 bits per heavy atom. The molecule has 2 atom stereocenters. The predicted octanol–water partition coefficient (Wildman–Crippen LogP) is 0.632. The van der Waals surface area contributed by atoms with Crippen LogP contribution in [0, 0.1) is 11.8 Å². The van der Waals surface area contributed by atoms with Gasteiger partial charge in [0.2, 0.25) is 0 Å². The van der Waals surface area contributed by atoms with E-state index in [4.69, 9.17) is 5.11 Å². The highest BCUT2D eigenvalue weighted by molar-refractivity contribution is 4.65. The third-order valence-electron chi connectivity index (χ3n) is 1.55. The topological polar surface area (TPSA) is 40.5 Å². The third kappa shape index (κ3) is 2.82. The largest absolute Gasteiger partial charge is 0.396 e. The lowest BCUT2D eigenvalue weighted by Crippen LogP contribution is -2.25. The van der Waals surface area contributed by atoms with Gasteiger partial charge in [0.15, 0.2) is 0 Å². The lowest BCUT2D eigenvalue weighted by atomic mass is 9.96. The van der Waals surface area contributed by atoms with Crippen molar-refractivity contribution in [3.63, 3.8) is 0 Å². The predicted molar refractivity (Wildman–Crippen MR) is 37.1 cm³/mol. The molecule has 2 N–H and O–H groups in total. The molecule has 0 amide bonds. The monoisotopic (exact) mass is 132 g/mol. The van der Waals surface area contributed by atoms with Crippen LogP contribution < -0.4 is 0 Å². The summed E-state index contributed by atoms with van der Waals surface area (Å²) in [7, 11) is 0. The minimum atomic E-state index is -0.366. The van der Waals surface area contributed by atoms with Crippen molar-refractivity contribution in [1.29, 1.82) is 0 Å². The lowest BCUT2D eigenvalue weighted by Gasteiger charge is -2.19. The van der Waals surface area contributed by atoms with Crippen LogP contribution in [0.25, 0.3) is 0 Å². The van der Waals surface area contributed by atoms with Gasteiger partial charge < -0.3 is 10.2 Å². The number of hydrogen-bond acceptors (Lipinski definition) is 2. The highest BCUT2D eigenvalue weighted by Crippen LogP contribution is 2.10. The van der Waals surface area contributed by atoms with E-state index in [1.165, 1.54) is 0 Å². The summed E-state index contributed by atoms with van der Waals surface area (Å²) in [6.45, 7) is 5.79. The zero-order valence-corrected chi connectivity index (χ0v) is 6.33. The second-order valence-corrected chi connectivity index (χ2v) is 2.89. The summed E-state index contributed by atoms with van der Waals surface area (Å²) in [6, 6.07) is 0. The van der Waals surface area contributed by atoms with Gasteiger partial charge >= 0.3 is 0 Å². The molecule has 2 heteroatoms. The van der Waals surface area contributed by atoms with Gasteiger partial charge in [-0.1, -0.05) is 20.8 Å². The minimum absolute atomic E-state index is 0.00463. The molecule has 0 bridgehead atoms. The maximum Gasteiger partial charge on any atom is 0.0610 e. The van der Waals surface area contributed by atoms with Crippen molar-refractivity contribution >= 4 is 0 Å². The molecule has 0 fully saturated rings. The van der Waals surface area contributed by atoms with Crippen LogP contribution >= 0.6 is 0 Å². The SMILES string of the molecule is CC(C)C(O)C(C)CO. The van der Waals surface area contributed by atoms with Crippen LogP contribution in [0.1, 0.15) is 20.8 Å². The molecule has 0 heterocycles. The molecule has 0 rings (SSSR count). The molecule has 0 radical (unpaired) electrons. The van der Waals surface area contributed by atoms with Crippen molar-refractivity contribution < 1.29 is 10.2 Å². The van der Waals surface area contributed by atoms with E-state index >= 15 is 0 Å². The summed E-state index contributed by atoms with van der Waals surface area (Å²) in [5, 5.41) is 17.8. The highest BCUT2D eigenvalue weighted by atomic mass is 16.3. The van der Waals surface area contributed by atoms with E-state index in [2.05, 4.69) is 0 Å². The first-order chi connectivity index (χ1) is 4.09. The molecule has 0 aliphatic rings. The zero-order chi connectivity index (χ0) is 7.44. The van der Waals surface area contributed by atoms with E-state index in [0.717, 1.165) is 0 Å². The van der Waals surface area contributed by atoms with Crippen LogP contribution in [0.3, 0.4) is 0 Å². The van der Waals surface area contributed by atoms with Gasteiger partial charge in [-0.2, -0.15) is 0 Å². The molecule has 9 heavy (non-hydrogen) atoms. The van der Waals surface area contributed by atoms with Crippen LogP contribution in [0.5, 0.6) is 0 Å². The Kier molecular flexibility index (Phi) is 3.82. The van der Waals surface area contributed by atoms with Gasteiger partial charge in [-0.05, 0) is 5.92 Å². The molecule has 0 aromatic carbocycles. The first-order valence-electron chi connectivity index (χ1n) is 3.38. The van der Waals surface area contributed by atoms with Crippen molar-refractivity contribution in [2.75, 3.05) is 6.61 Å². The maximum atomic E-state index is 9.23. The molecule has 0 aliphatic heterocycles. The van der Waals surface area contributed by atoms with E-state index in [1.54, 1.807) is 0 Å². The molecule has 2 unspecified atom stereocenters. The van der Waals surface area contributed by atoms with Crippen molar-refractivity contribution in [2.24, 2.45) is 11.8 Å². The Labute approximate surface area is 56.5 Å². The number of aliphatic hydroxyl groups excluding tert-OH is 2. The highest BCUT2D eigenvalue weighted by Gasteiger charge is 2.15. The minimum Gasteiger partial charge on any atom is -0.396 e. The second kappa shape index (κ2) is 3.85. The average molecular weight is 132 g/mol. The van der Waals surface area contributed by atoms with Gasteiger partial charge in [0.05, 0.1) is 6.10 Å². The fourth-order valence-electron chi connectivity index (χ4n) is 0.765. The fraction of sp³-hybridized carbons (Fsp3) is 1.00. The van der Waals surface area contributed by atoms with E-state index in [-0.39, 0.29) is 24.5 Å². The molecule has 0 aromatic heterocycles. The van der Waals surface area contributed by atoms with Crippen molar-refractivity contribution in [3.05, 3.63) is 0 Å². The lowest BCUT2D eigenvalue weighted by molar-refractivity contribution is 0.0427. The fourth-order valence-corrected chi connectivity index (χ4v) is 0.765. The Bertz CT molecular complexity index is 71.3. The molecule has 0 spiro atoms. The Morgan fingerprint density at radius 2 is 1.67 bits per heavy atom. The van der Waals surface area contributed by atoms with Gasteiger partial charge in [-0.3, -0.25) is 0 Å². The molecular weight excluding hydrogens is 116 g/mol. The zero-order valence-electron chi connectivity index (χ0n) is 6.33. The van der Waals surface area contributed by atoms with Crippen LogP contribution in [0.4, 0.5) is 0 Å². The van der Waals surface area contributed by atoms with Gasteiger partial charge in [0.1, 0.15) is 0 Å². The van der Waals surface area contributed by atoms with Crippen LogP contribution in [0.15, 0.2) is 0 Å². The maximum absolute atomic E-state index is 9.23. The Hall–Kier alpha value is -0.0800. The van der Waals surface area contributed by atoms with Crippen LogP contribution in [-0.2, 0) is 0 Å². The summed E-state index contributed by atoms with van der Waals surface area (Å²) in [4.78, 5) is 0. The summed E-state index contributed by atoms with van der Waals surface area (Å²) >= 11 is 0. The van der Waals surface area contributed by atoms with Crippen molar-refractivity contribution in [2.45, 2.75) is 26.9 Å². The summed E-state index contributed by atoms with van der Waals surface area (Å²) in [5.41, 5.74) is 0. The first-order valence-corrected chi connectivity index (χ1v) is 3.38. The van der Waals surface area contributed by atoms with E-state index in [0.29, 0.717) is 0 Å². The molecule has 0 saturated heterocycles. The van der Waals surface area contributed by atoms with Gasteiger partial charge in [-0.25, -0.2) is 0 Å². The molecule has 2 nitrogen and oxygen atoms in total. The number of rotatable bonds is 3. The Morgan fingerprint density at radius 3 is 1.78 bits per heavy atom. The van der Waals surface area contributed by atoms with Gasteiger partial charge in [0, 0.05) is 12.5 Å². The smallest absolute Gasteiger partial charge is 0.0610 e. The first kappa shape index (κ1) is 8.92. The van der Waals surface area contributed by atoms with Gasteiger partial charge in [-0.15, -0.1) is 0 Å². The molecule has 56 valence electrons. The summed E-state index contributed by atoms with van der Waals surface area (Å²) in [5.74, 6) is 0.247. The van der Waals surface area contributed by atoms with E-state index in [9.17, 15) is 5.11 Å². The van der Waals surface area contributed by atoms with E-state index in [1.807, 2.05) is 20.8 Å². The van der Waals surface area contributed by atoms with E-state index < -0.39 is 0 Å². The van der Waals surface area contributed by atoms with Crippen molar-refractivity contribution in [3.8, 4) is 0 Å².